The van der Waals surface area contributed by atoms with Gasteiger partial charge in [-0.3, -0.25) is 4.79 Å². The van der Waals surface area contributed by atoms with Crippen LogP contribution in [-0.4, -0.2) is 28.6 Å². The minimum Gasteiger partial charge on any atom is -0.481 e. The summed E-state index contributed by atoms with van der Waals surface area (Å²) < 4.78 is 6.44. The van der Waals surface area contributed by atoms with E-state index in [1.165, 1.54) is 11.3 Å². The molecule has 0 saturated carbocycles. The van der Waals surface area contributed by atoms with E-state index in [0.717, 1.165) is 10.2 Å². The fraction of sp³-hybridized carbons (Fsp3) is 0.0455. The first-order valence-electron chi connectivity index (χ1n) is 8.91. The summed E-state index contributed by atoms with van der Waals surface area (Å²) in [5.41, 5.74) is 2.38. The number of para-hydroxylation sites is 1. The number of benzene rings is 3. The molecule has 0 spiro atoms. The number of nitrogens with one attached hydrogen (secondary N) is 1. The van der Waals surface area contributed by atoms with Crippen LogP contribution in [0.4, 0.5) is 5.69 Å². The molecule has 2 N–H and O–H groups in total. The smallest absolute Gasteiger partial charge is 0.341 e. The number of anilines is 1. The van der Waals surface area contributed by atoms with E-state index in [1.54, 1.807) is 42.5 Å². The number of aromatic nitrogens is 1. The Bertz CT molecular complexity index is 1220. The molecule has 6 nitrogen and oxygen atoms in total. The predicted octanol–water partition coefficient (Wildman–Crippen LogP) is 5.33. The number of amides is 1. The van der Waals surface area contributed by atoms with E-state index in [2.05, 4.69) is 10.3 Å². The number of halogens is 1. The van der Waals surface area contributed by atoms with Crippen molar-refractivity contribution in [3.63, 3.8) is 0 Å². The van der Waals surface area contributed by atoms with Gasteiger partial charge in [-0.1, -0.05) is 29.8 Å². The summed E-state index contributed by atoms with van der Waals surface area (Å²) in [6.07, 6.45) is 0. The number of thiazole rings is 1. The van der Waals surface area contributed by atoms with Crippen molar-refractivity contribution in [2.24, 2.45) is 0 Å². The van der Waals surface area contributed by atoms with Crippen LogP contribution in [-0.2, 0) is 4.79 Å². The lowest BCUT2D eigenvalue weighted by molar-refractivity contribution is -0.139. The highest BCUT2D eigenvalue weighted by molar-refractivity contribution is 7.21. The number of carboxylic acids is 1. The average Bonchev–Trinajstić information content (AvgIpc) is 3.17. The Kier molecular flexibility index (Phi) is 5.65. The maximum atomic E-state index is 12.6. The van der Waals surface area contributed by atoms with E-state index in [4.69, 9.17) is 21.4 Å². The second-order valence-electron chi connectivity index (χ2n) is 6.34. The van der Waals surface area contributed by atoms with Gasteiger partial charge in [-0.2, -0.15) is 0 Å². The Morgan fingerprint density at radius 1 is 1.07 bits per heavy atom. The van der Waals surface area contributed by atoms with Gasteiger partial charge >= 0.3 is 5.97 Å². The fourth-order valence-electron chi connectivity index (χ4n) is 2.86. The summed E-state index contributed by atoms with van der Waals surface area (Å²) in [6.45, 7) is -0.480. The minimum absolute atomic E-state index is 0.313. The molecule has 4 aromatic rings. The van der Waals surface area contributed by atoms with Crippen molar-refractivity contribution in [3.05, 3.63) is 77.3 Å². The first kappa shape index (κ1) is 19.9. The Morgan fingerprint density at radius 2 is 1.90 bits per heavy atom. The second kappa shape index (κ2) is 8.52. The molecule has 0 aliphatic heterocycles. The van der Waals surface area contributed by atoms with Crippen LogP contribution < -0.4 is 10.1 Å². The van der Waals surface area contributed by atoms with Crippen LogP contribution in [0.15, 0.2) is 66.7 Å². The Labute approximate surface area is 180 Å². The first-order valence-corrected chi connectivity index (χ1v) is 10.1. The van der Waals surface area contributed by atoms with Gasteiger partial charge in [0.05, 0.1) is 15.8 Å². The number of carbonyl (C=O) groups excluding carboxylic acids is 1. The number of aliphatic carboxylic acids is 1. The zero-order valence-electron chi connectivity index (χ0n) is 15.5. The standard InChI is InChI=1S/C22H15ClN2O4S/c23-14-5-3-4-13(10-14)21(28)24-15-8-9-18(29-12-20(26)27)16(11-15)22-25-17-6-1-2-7-19(17)30-22/h1-11H,12H2,(H,24,28)(H,26,27). The number of carbonyl (C=O) groups is 2. The van der Waals surface area contributed by atoms with Crippen LogP contribution in [0.5, 0.6) is 5.75 Å². The van der Waals surface area contributed by atoms with Crippen LogP contribution in [0.2, 0.25) is 5.02 Å². The van der Waals surface area contributed by atoms with E-state index in [9.17, 15) is 9.59 Å². The molecule has 1 amide bonds. The number of nitrogens with zero attached hydrogens (tertiary/aromatic N) is 1. The number of carboxylic acid groups (broad SMARTS) is 1. The summed E-state index contributed by atoms with van der Waals surface area (Å²) in [7, 11) is 0. The third-order valence-electron chi connectivity index (χ3n) is 4.20. The molecule has 30 heavy (non-hydrogen) atoms. The van der Waals surface area contributed by atoms with Crippen molar-refractivity contribution >= 4 is 50.7 Å². The highest BCUT2D eigenvalue weighted by Gasteiger charge is 2.15. The maximum Gasteiger partial charge on any atom is 0.341 e. The molecular weight excluding hydrogens is 424 g/mol. The molecule has 0 bridgehead atoms. The molecule has 0 atom stereocenters. The largest absolute Gasteiger partial charge is 0.481 e. The van der Waals surface area contributed by atoms with Gasteiger partial charge in [0.15, 0.2) is 6.61 Å². The normalized spacial score (nSPS) is 10.7. The van der Waals surface area contributed by atoms with Crippen LogP contribution in [0, 0.1) is 0 Å². The molecule has 0 unspecified atom stereocenters. The molecule has 8 heteroatoms. The zero-order chi connectivity index (χ0) is 21.1. The molecule has 0 aliphatic carbocycles. The highest BCUT2D eigenvalue weighted by Crippen LogP contribution is 2.37. The SMILES string of the molecule is O=C(O)COc1ccc(NC(=O)c2cccc(Cl)c2)cc1-c1nc2ccccc2s1. The summed E-state index contributed by atoms with van der Waals surface area (Å²) in [5, 5.41) is 12.9. The molecule has 0 fully saturated rings. The lowest BCUT2D eigenvalue weighted by atomic mass is 10.1. The van der Waals surface area contributed by atoms with Gasteiger partial charge in [0.1, 0.15) is 10.8 Å². The van der Waals surface area contributed by atoms with Crippen molar-refractivity contribution in [2.75, 3.05) is 11.9 Å². The van der Waals surface area contributed by atoms with Gasteiger partial charge in [-0.15, -0.1) is 11.3 Å². The topological polar surface area (TPSA) is 88.5 Å². The van der Waals surface area contributed by atoms with Crippen molar-refractivity contribution < 1.29 is 19.4 Å². The van der Waals surface area contributed by atoms with Gasteiger partial charge in [-0.05, 0) is 48.5 Å². The van der Waals surface area contributed by atoms with Crippen molar-refractivity contribution in [2.45, 2.75) is 0 Å². The monoisotopic (exact) mass is 438 g/mol. The molecular formula is C22H15ClN2O4S. The van der Waals surface area contributed by atoms with E-state index >= 15 is 0 Å². The average molecular weight is 439 g/mol. The van der Waals surface area contributed by atoms with Gasteiger partial charge < -0.3 is 15.2 Å². The Hall–Kier alpha value is -3.42. The number of ether oxygens (including phenoxy) is 1. The third-order valence-corrected chi connectivity index (χ3v) is 5.50. The van der Waals surface area contributed by atoms with Crippen LogP contribution >= 0.6 is 22.9 Å². The molecule has 4 rings (SSSR count). The fourth-order valence-corrected chi connectivity index (χ4v) is 4.04. The summed E-state index contributed by atoms with van der Waals surface area (Å²) in [5.74, 6) is -1.02. The van der Waals surface area contributed by atoms with E-state index in [0.29, 0.717) is 32.6 Å². The van der Waals surface area contributed by atoms with Crippen LogP contribution in [0.3, 0.4) is 0 Å². The summed E-state index contributed by atoms with van der Waals surface area (Å²) >= 11 is 7.42. The lowest BCUT2D eigenvalue weighted by Crippen LogP contribution is -2.12. The van der Waals surface area contributed by atoms with Gasteiger partial charge in [-0.25, -0.2) is 9.78 Å². The maximum absolute atomic E-state index is 12.6. The number of hydrogen-bond acceptors (Lipinski definition) is 5. The quantitative estimate of drug-likeness (QED) is 0.424. The van der Waals surface area contributed by atoms with Crippen molar-refractivity contribution in [3.8, 4) is 16.3 Å². The van der Waals surface area contributed by atoms with Crippen LogP contribution in [0.1, 0.15) is 10.4 Å². The van der Waals surface area contributed by atoms with Gasteiger partial charge in [0.25, 0.3) is 5.91 Å². The molecule has 3 aromatic carbocycles. The molecule has 1 aromatic heterocycles. The van der Waals surface area contributed by atoms with E-state index in [-0.39, 0.29) is 5.91 Å². The Balaban J connectivity index is 1.70. The number of fused-ring (bicyclic) bond motifs is 1. The van der Waals surface area contributed by atoms with Crippen LogP contribution in [0.25, 0.3) is 20.8 Å². The van der Waals surface area contributed by atoms with E-state index < -0.39 is 12.6 Å². The van der Waals surface area contributed by atoms with Gasteiger partial charge in [0, 0.05) is 16.3 Å². The second-order valence-corrected chi connectivity index (χ2v) is 7.81. The zero-order valence-corrected chi connectivity index (χ0v) is 17.0. The minimum atomic E-state index is -1.08. The molecule has 150 valence electrons. The lowest BCUT2D eigenvalue weighted by Gasteiger charge is -2.12. The molecule has 0 saturated heterocycles. The summed E-state index contributed by atoms with van der Waals surface area (Å²) in [4.78, 5) is 28.1. The number of hydrogen-bond donors (Lipinski definition) is 2. The predicted molar refractivity (Wildman–Crippen MR) is 118 cm³/mol. The van der Waals surface area contributed by atoms with Crippen molar-refractivity contribution in [1.82, 2.24) is 4.98 Å². The molecule has 0 aliphatic rings. The molecule has 0 radical (unpaired) electrons. The van der Waals surface area contributed by atoms with Gasteiger partial charge in [0.2, 0.25) is 0 Å². The third kappa shape index (κ3) is 4.42. The summed E-state index contributed by atoms with van der Waals surface area (Å²) in [6, 6.07) is 19.3. The highest BCUT2D eigenvalue weighted by atomic mass is 35.5. The first-order chi connectivity index (χ1) is 14.5. The molecule has 1 heterocycles. The Morgan fingerprint density at radius 3 is 2.67 bits per heavy atom. The number of rotatable bonds is 6. The van der Waals surface area contributed by atoms with Crippen molar-refractivity contribution in [1.29, 1.82) is 0 Å². The van der Waals surface area contributed by atoms with E-state index in [1.807, 2.05) is 24.3 Å².